The van der Waals surface area contributed by atoms with Gasteiger partial charge in [0.1, 0.15) is 5.03 Å². The molecule has 0 N–H and O–H groups in total. The molecule has 1 fully saturated rings. The minimum Gasteiger partial charge on any atom is -0.376 e. The lowest BCUT2D eigenvalue weighted by Crippen LogP contribution is -2.37. The zero-order valence-corrected chi connectivity index (χ0v) is 14.4. The van der Waals surface area contributed by atoms with Gasteiger partial charge in [-0.2, -0.15) is 0 Å². The number of amidine groups is 1. The number of benzene rings is 1. The number of aryl methyl sites for hydroxylation is 1. The monoisotopic (exact) mass is 327 g/mol. The van der Waals surface area contributed by atoms with Crippen LogP contribution in [0, 0.1) is 6.92 Å². The molecule has 4 rings (SSSR count). The van der Waals surface area contributed by atoms with Gasteiger partial charge in [-0.25, -0.2) is 4.98 Å². The first-order valence-electron chi connectivity index (χ1n) is 8.15. The van der Waals surface area contributed by atoms with Crippen molar-refractivity contribution in [1.29, 1.82) is 0 Å². The van der Waals surface area contributed by atoms with Crippen LogP contribution in [0.3, 0.4) is 0 Å². The van der Waals surface area contributed by atoms with Crippen LogP contribution >= 0.6 is 11.8 Å². The number of hydrogen-bond donors (Lipinski definition) is 0. The molecule has 0 saturated carbocycles. The predicted octanol–water partition coefficient (Wildman–Crippen LogP) is 3.62. The quantitative estimate of drug-likeness (QED) is 0.844. The van der Waals surface area contributed by atoms with Crippen molar-refractivity contribution in [1.82, 2.24) is 9.88 Å². The molecule has 0 aliphatic carbocycles. The maximum atomic E-state index is 5.80. The van der Waals surface area contributed by atoms with E-state index in [0.717, 1.165) is 41.8 Å². The summed E-state index contributed by atoms with van der Waals surface area (Å²) in [6.45, 7) is 4.80. The molecule has 120 valence electrons. The van der Waals surface area contributed by atoms with Crippen molar-refractivity contribution in [2.75, 3.05) is 20.2 Å². The lowest BCUT2D eigenvalue weighted by molar-refractivity contribution is 0.0903. The van der Waals surface area contributed by atoms with E-state index in [-0.39, 0.29) is 0 Å². The lowest BCUT2D eigenvalue weighted by Gasteiger charge is -2.32. The van der Waals surface area contributed by atoms with Gasteiger partial charge in [-0.1, -0.05) is 18.2 Å². The van der Waals surface area contributed by atoms with Crippen LogP contribution < -0.4 is 0 Å². The smallest absolute Gasteiger partial charge is 0.165 e. The van der Waals surface area contributed by atoms with E-state index in [1.54, 1.807) is 11.8 Å². The Morgan fingerprint density at radius 3 is 3.13 bits per heavy atom. The van der Waals surface area contributed by atoms with Crippen LogP contribution in [0.5, 0.6) is 0 Å². The van der Waals surface area contributed by atoms with Gasteiger partial charge in [0.05, 0.1) is 11.6 Å². The molecule has 0 radical (unpaired) electrons. The molecule has 0 unspecified atom stereocenters. The topological polar surface area (TPSA) is 37.7 Å². The second-order valence-electron chi connectivity index (χ2n) is 6.22. The number of nitrogens with zero attached hydrogens (tertiary/aromatic N) is 3. The van der Waals surface area contributed by atoms with E-state index in [1.807, 2.05) is 7.05 Å². The van der Waals surface area contributed by atoms with Crippen LogP contribution in [0.1, 0.15) is 24.0 Å². The van der Waals surface area contributed by atoms with Gasteiger partial charge < -0.3 is 9.64 Å². The first-order valence-corrected chi connectivity index (χ1v) is 8.96. The van der Waals surface area contributed by atoms with E-state index in [9.17, 15) is 0 Å². The van der Waals surface area contributed by atoms with Crippen LogP contribution in [0.2, 0.25) is 0 Å². The van der Waals surface area contributed by atoms with Crippen LogP contribution in [0.4, 0.5) is 0 Å². The minimum absolute atomic E-state index is 0.338. The second-order valence-corrected chi connectivity index (χ2v) is 7.18. The molecule has 5 heteroatoms. The Labute approximate surface area is 140 Å². The number of ether oxygens (including phenoxy) is 1. The number of aliphatic imine (C=N–C) groups is 1. The third-order valence-electron chi connectivity index (χ3n) is 4.55. The first-order chi connectivity index (χ1) is 11.2. The average molecular weight is 327 g/mol. The molecule has 0 amide bonds. The number of thioether (sulfide) groups is 1. The van der Waals surface area contributed by atoms with Gasteiger partial charge >= 0.3 is 0 Å². The fourth-order valence-electron chi connectivity index (χ4n) is 3.36. The van der Waals surface area contributed by atoms with Crippen molar-refractivity contribution in [3.05, 3.63) is 35.4 Å². The molecule has 3 heterocycles. The lowest BCUT2D eigenvalue weighted by atomic mass is 10.1. The minimum atomic E-state index is 0.338. The summed E-state index contributed by atoms with van der Waals surface area (Å²) in [7, 11) is 1.86. The fraction of sp³-hybridized carbons (Fsp3) is 0.444. The first kappa shape index (κ1) is 15.0. The van der Waals surface area contributed by atoms with E-state index >= 15 is 0 Å². The van der Waals surface area contributed by atoms with E-state index in [0.29, 0.717) is 6.10 Å². The zero-order valence-electron chi connectivity index (χ0n) is 13.6. The Morgan fingerprint density at radius 1 is 1.43 bits per heavy atom. The summed E-state index contributed by atoms with van der Waals surface area (Å²) in [6, 6.07) is 8.65. The molecule has 23 heavy (non-hydrogen) atoms. The Hall–Kier alpha value is -1.59. The molecule has 0 spiro atoms. The summed E-state index contributed by atoms with van der Waals surface area (Å²) in [5.41, 5.74) is 3.61. The number of rotatable bonds is 2. The van der Waals surface area contributed by atoms with Gasteiger partial charge in [0, 0.05) is 37.7 Å². The third-order valence-corrected chi connectivity index (χ3v) is 5.72. The normalized spacial score (nSPS) is 22.8. The SMILES string of the molecule is CN=C1Sc2nc3c(C)cccc3cc2CN1C[C@H]1CCCO1. The summed E-state index contributed by atoms with van der Waals surface area (Å²) < 4.78 is 5.80. The van der Waals surface area contributed by atoms with Crippen molar-refractivity contribution in [3.63, 3.8) is 0 Å². The summed E-state index contributed by atoms with van der Waals surface area (Å²) in [4.78, 5) is 11.7. The molecular formula is C18H21N3OS. The third kappa shape index (κ3) is 2.83. The highest BCUT2D eigenvalue weighted by molar-refractivity contribution is 8.13. The molecule has 2 aromatic rings. The Bertz CT molecular complexity index is 768. The van der Waals surface area contributed by atoms with E-state index in [4.69, 9.17) is 9.72 Å². The molecule has 0 bridgehead atoms. The largest absolute Gasteiger partial charge is 0.376 e. The van der Waals surface area contributed by atoms with Crippen molar-refractivity contribution >= 4 is 27.8 Å². The number of hydrogen-bond acceptors (Lipinski definition) is 4. The highest BCUT2D eigenvalue weighted by Gasteiger charge is 2.27. The molecule has 1 aromatic heterocycles. The summed E-state index contributed by atoms with van der Waals surface area (Å²) in [5, 5.41) is 3.36. The number of fused-ring (bicyclic) bond motifs is 2. The molecule has 4 nitrogen and oxygen atoms in total. The van der Waals surface area contributed by atoms with Crippen molar-refractivity contribution in [3.8, 4) is 0 Å². The Morgan fingerprint density at radius 2 is 2.35 bits per heavy atom. The van der Waals surface area contributed by atoms with Crippen LogP contribution in [0.25, 0.3) is 10.9 Å². The van der Waals surface area contributed by atoms with Crippen molar-refractivity contribution in [2.24, 2.45) is 4.99 Å². The standard InChI is InChI=1S/C18H21N3OS/c1-12-5-3-6-13-9-14-10-21(11-15-7-4-8-22-15)18(19-2)23-17(14)20-16(12)13/h3,5-6,9,15H,4,7-8,10-11H2,1-2H3/t15-/m1/s1. The highest BCUT2D eigenvalue weighted by atomic mass is 32.2. The van der Waals surface area contributed by atoms with Gasteiger partial charge in [-0.15, -0.1) is 0 Å². The Balaban J connectivity index is 1.68. The van der Waals surface area contributed by atoms with Crippen LogP contribution in [-0.2, 0) is 11.3 Å². The fourth-order valence-corrected chi connectivity index (χ4v) is 4.29. The summed E-state index contributed by atoms with van der Waals surface area (Å²) in [6.07, 6.45) is 2.66. The van der Waals surface area contributed by atoms with E-state index < -0.39 is 0 Å². The van der Waals surface area contributed by atoms with Crippen LogP contribution in [0.15, 0.2) is 34.3 Å². The number of para-hydroxylation sites is 1. The van der Waals surface area contributed by atoms with Gasteiger partial charge in [0.15, 0.2) is 5.17 Å². The predicted molar refractivity (Wildman–Crippen MR) is 95.1 cm³/mol. The summed E-state index contributed by atoms with van der Waals surface area (Å²) >= 11 is 1.68. The summed E-state index contributed by atoms with van der Waals surface area (Å²) in [5.74, 6) is 0. The molecule has 2 aliphatic rings. The number of pyridine rings is 1. The Kier molecular flexibility index (Phi) is 3.99. The van der Waals surface area contributed by atoms with Crippen LogP contribution in [-0.4, -0.2) is 41.4 Å². The van der Waals surface area contributed by atoms with E-state index in [1.165, 1.54) is 22.9 Å². The second kappa shape index (κ2) is 6.13. The molecule has 1 aromatic carbocycles. The molecule has 1 saturated heterocycles. The molecule has 1 atom stereocenters. The number of aromatic nitrogens is 1. The van der Waals surface area contributed by atoms with Gasteiger partial charge in [-0.05, 0) is 43.2 Å². The van der Waals surface area contributed by atoms with Gasteiger partial charge in [0.2, 0.25) is 0 Å². The maximum absolute atomic E-state index is 5.80. The average Bonchev–Trinajstić information content (AvgIpc) is 3.06. The van der Waals surface area contributed by atoms with E-state index in [2.05, 4.69) is 41.1 Å². The highest BCUT2D eigenvalue weighted by Crippen LogP contribution is 2.34. The zero-order chi connectivity index (χ0) is 15.8. The van der Waals surface area contributed by atoms with Crippen molar-refractivity contribution in [2.45, 2.75) is 37.4 Å². The van der Waals surface area contributed by atoms with Gasteiger partial charge in [-0.3, -0.25) is 4.99 Å². The van der Waals surface area contributed by atoms with Crippen molar-refractivity contribution < 1.29 is 4.74 Å². The molecule has 2 aliphatic heterocycles. The van der Waals surface area contributed by atoms with Gasteiger partial charge in [0.25, 0.3) is 0 Å². The molecular weight excluding hydrogens is 306 g/mol. The maximum Gasteiger partial charge on any atom is 0.165 e.